The number of nitrogens with one attached hydrogen (secondary N) is 1. The van der Waals surface area contributed by atoms with Gasteiger partial charge in [-0.1, -0.05) is 18.2 Å². The molecule has 0 bridgehead atoms. The molecule has 1 aromatic heterocycles. The Morgan fingerprint density at radius 1 is 1.21 bits per heavy atom. The summed E-state index contributed by atoms with van der Waals surface area (Å²) < 4.78 is 24.1. The van der Waals surface area contributed by atoms with Crippen molar-refractivity contribution >= 4 is 15.5 Å². The third kappa shape index (κ3) is 2.21. The van der Waals surface area contributed by atoms with E-state index in [1.165, 1.54) is 0 Å². The van der Waals surface area contributed by atoms with Crippen LogP contribution in [0.2, 0.25) is 0 Å². The number of fused-ring (bicyclic) bond motifs is 1. The van der Waals surface area contributed by atoms with E-state index in [2.05, 4.69) is 10.3 Å². The number of pyridine rings is 1. The van der Waals surface area contributed by atoms with Crippen LogP contribution in [0.3, 0.4) is 0 Å². The zero-order valence-electron chi connectivity index (χ0n) is 10.5. The van der Waals surface area contributed by atoms with E-state index in [4.69, 9.17) is 0 Å². The van der Waals surface area contributed by atoms with Gasteiger partial charge < -0.3 is 5.32 Å². The first-order chi connectivity index (χ1) is 9.06. The molecule has 5 heteroatoms. The minimum atomic E-state index is -3.17. The number of rotatable bonds is 2. The third-order valence-electron chi connectivity index (χ3n) is 3.27. The first-order valence-electron chi connectivity index (χ1n) is 6.07. The quantitative estimate of drug-likeness (QED) is 0.913. The normalized spacial score (nSPS) is 19.9. The van der Waals surface area contributed by atoms with Crippen molar-refractivity contribution < 1.29 is 8.42 Å². The Bertz CT molecular complexity index is 708. The van der Waals surface area contributed by atoms with Gasteiger partial charge in [0.1, 0.15) is 0 Å². The Morgan fingerprint density at radius 3 is 2.74 bits per heavy atom. The van der Waals surface area contributed by atoms with Crippen LogP contribution in [-0.4, -0.2) is 19.2 Å². The molecule has 0 saturated carbocycles. The van der Waals surface area contributed by atoms with Crippen LogP contribution in [0.25, 0.3) is 0 Å². The maximum Gasteiger partial charge on any atom is 0.181 e. The van der Waals surface area contributed by atoms with Crippen LogP contribution >= 0.6 is 0 Å². The highest BCUT2D eigenvalue weighted by Crippen LogP contribution is 2.35. The number of hydrogen-bond acceptors (Lipinski definition) is 4. The molecular weight excluding hydrogens is 260 g/mol. The fourth-order valence-corrected chi connectivity index (χ4v) is 4.06. The highest BCUT2D eigenvalue weighted by molar-refractivity contribution is 7.91. The SMILES string of the molecule is Cc1ccc(NC2CS(=O)(=O)c3ccccc32)cn1. The molecule has 0 amide bonds. The second-order valence-electron chi connectivity index (χ2n) is 4.70. The molecule has 0 radical (unpaired) electrons. The van der Waals surface area contributed by atoms with Crippen LogP contribution in [0.4, 0.5) is 5.69 Å². The number of anilines is 1. The van der Waals surface area contributed by atoms with Gasteiger partial charge in [-0.05, 0) is 30.7 Å². The Morgan fingerprint density at radius 2 is 2.00 bits per heavy atom. The highest BCUT2D eigenvalue weighted by Gasteiger charge is 2.34. The zero-order valence-corrected chi connectivity index (χ0v) is 11.3. The van der Waals surface area contributed by atoms with Crippen LogP contribution in [0.1, 0.15) is 17.3 Å². The molecule has 0 saturated heterocycles. The molecule has 1 aliphatic rings. The Balaban J connectivity index is 1.94. The Labute approximate surface area is 112 Å². The van der Waals surface area contributed by atoms with E-state index >= 15 is 0 Å². The largest absolute Gasteiger partial charge is 0.376 e. The minimum absolute atomic E-state index is 0.0974. The monoisotopic (exact) mass is 274 g/mol. The van der Waals surface area contributed by atoms with E-state index in [0.717, 1.165) is 16.9 Å². The number of hydrogen-bond donors (Lipinski definition) is 1. The molecule has 1 aliphatic heterocycles. The van der Waals surface area contributed by atoms with Crippen LogP contribution in [0.5, 0.6) is 0 Å². The van der Waals surface area contributed by atoms with E-state index in [1.807, 2.05) is 31.2 Å². The number of benzene rings is 1. The van der Waals surface area contributed by atoms with Gasteiger partial charge in [0.25, 0.3) is 0 Å². The number of aromatic nitrogens is 1. The average molecular weight is 274 g/mol. The molecule has 1 N–H and O–H groups in total. The summed E-state index contributed by atoms with van der Waals surface area (Å²) in [5, 5.41) is 3.24. The minimum Gasteiger partial charge on any atom is -0.376 e. The van der Waals surface area contributed by atoms with Crippen molar-refractivity contribution in [3.63, 3.8) is 0 Å². The molecule has 3 rings (SSSR count). The molecule has 1 aromatic carbocycles. The number of aryl methyl sites for hydroxylation is 1. The molecule has 1 unspecified atom stereocenters. The molecule has 0 fully saturated rings. The Kier molecular flexibility index (Phi) is 2.78. The highest BCUT2D eigenvalue weighted by atomic mass is 32.2. The van der Waals surface area contributed by atoms with Crippen LogP contribution in [0, 0.1) is 6.92 Å². The lowest BCUT2D eigenvalue weighted by atomic mass is 10.1. The number of sulfone groups is 1. The molecule has 1 atom stereocenters. The summed E-state index contributed by atoms with van der Waals surface area (Å²) in [7, 11) is -3.17. The van der Waals surface area contributed by atoms with Gasteiger partial charge in [0, 0.05) is 5.69 Å². The van der Waals surface area contributed by atoms with Gasteiger partial charge >= 0.3 is 0 Å². The van der Waals surface area contributed by atoms with Crippen molar-refractivity contribution in [2.24, 2.45) is 0 Å². The molecule has 2 heterocycles. The fourth-order valence-electron chi connectivity index (χ4n) is 2.32. The molecule has 98 valence electrons. The van der Waals surface area contributed by atoms with Crippen molar-refractivity contribution in [2.75, 3.05) is 11.1 Å². The van der Waals surface area contributed by atoms with Gasteiger partial charge in [-0.3, -0.25) is 4.98 Å². The maximum atomic E-state index is 12.1. The standard InChI is InChI=1S/C14H14N2O2S/c1-10-6-7-11(8-15-10)16-13-9-19(17,18)14-5-3-2-4-12(13)14/h2-8,13,16H,9H2,1H3. The van der Waals surface area contributed by atoms with Gasteiger partial charge in [0.15, 0.2) is 9.84 Å². The lowest BCUT2D eigenvalue weighted by molar-refractivity contribution is 0.598. The lowest BCUT2D eigenvalue weighted by Crippen LogP contribution is -2.13. The second-order valence-corrected chi connectivity index (χ2v) is 6.71. The predicted octanol–water partition coefficient (Wildman–Crippen LogP) is 2.33. The van der Waals surface area contributed by atoms with E-state index in [-0.39, 0.29) is 11.8 Å². The summed E-state index contributed by atoms with van der Waals surface area (Å²) in [6, 6.07) is 10.8. The van der Waals surface area contributed by atoms with Crippen molar-refractivity contribution in [3.8, 4) is 0 Å². The molecule has 4 nitrogen and oxygen atoms in total. The van der Waals surface area contributed by atoms with Crippen LogP contribution < -0.4 is 5.32 Å². The molecule has 2 aromatic rings. The summed E-state index contributed by atoms with van der Waals surface area (Å²) in [6.07, 6.45) is 1.73. The second kappa shape index (κ2) is 4.35. The predicted molar refractivity (Wildman–Crippen MR) is 73.8 cm³/mol. The lowest BCUT2D eigenvalue weighted by Gasteiger charge is -2.13. The maximum absolute atomic E-state index is 12.1. The van der Waals surface area contributed by atoms with Crippen LogP contribution in [0.15, 0.2) is 47.5 Å². The van der Waals surface area contributed by atoms with Gasteiger partial charge in [-0.2, -0.15) is 0 Å². The van der Waals surface area contributed by atoms with E-state index < -0.39 is 9.84 Å². The Hall–Kier alpha value is -1.88. The molecule has 0 spiro atoms. The summed E-state index contributed by atoms with van der Waals surface area (Å²) in [4.78, 5) is 4.64. The van der Waals surface area contributed by atoms with E-state index in [1.54, 1.807) is 18.3 Å². The van der Waals surface area contributed by atoms with E-state index in [0.29, 0.717) is 4.90 Å². The zero-order chi connectivity index (χ0) is 13.5. The summed E-state index contributed by atoms with van der Waals surface area (Å²) in [5.41, 5.74) is 2.61. The topological polar surface area (TPSA) is 59.1 Å². The van der Waals surface area contributed by atoms with Crippen LogP contribution in [-0.2, 0) is 9.84 Å². The van der Waals surface area contributed by atoms with Crippen molar-refractivity contribution in [3.05, 3.63) is 53.9 Å². The summed E-state index contributed by atoms with van der Waals surface area (Å²) >= 11 is 0. The summed E-state index contributed by atoms with van der Waals surface area (Å²) in [5.74, 6) is 0.0974. The van der Waals surface area contributed by atoms with Gasteiger partial charge in [-0.25, -0.2) is 8.42 Å². The van der Waals surface area contributed by atoms with E-state index in [9.17, 15) is 8.42 Å². The summed E-state index contributed by atoms with van der Waals surface area (Å²) in [6.45, 7) is 1.92. The van der Waals surface area contributed by atoms with Gasteiger partial charge in [0.05, 0.1) is 28.6 Å². The first kappa shape index (κ1) is 12.2. The van der Waals surface area contributed by atoms with Gasteiger partial charge in [0.2, 0.25) is 0 Å². The fraction of sp³-hybridized carbons (Fsp3) is 0.214. The van der Waals surface area contributed by atoms with Gasteiger partial charge in [-0.15, -0.1) is 0 Å². The van der Waals surface area contributed by atoms with Crippen molar-refractivity contribution in [1.82, 2.24) is 4.98 Å². The first-order valence-corrected chi connectivity index (χ1v) is 7.72. The van der Waals surface area contributed by atoms with Crippen molar-refractivity contribution in [2.45, 2.75) is 17.9 Å². The third-order valence-corrected chi connectivity index (χ3v) is 5.08. The molecular formula is C14H14N2O2S. The molecule has 19 heavy (non-hydrogen) atoms. The van der Waals surface area contributed by atoms with Crippen molar-refractivity contribution in [1.29, 1.82) is 0 Å². The smallest absolute Gasteiger partial charge is 0.181 e. The molecule has 0 aliphatic carbocycles. The number of nitrogens with zero attached hydrogens (tertiary/aromatic N) is 1. The average Bonchev–Trinajstić information content (AvgIpc) is 2.65.